The average molecular weight is 300 g/mol. The first-order valence-corrected chi connectivity index (χ1v) is 6.16. The molecule has 2 rings (SSSR count). The van der Waals surface area contributed by atoms with Crippen LogP contribution in [0, 0.1) is 0 Å². The van der Waals surface area contributed by atoms with E-state index in [1.807, 2.05) is 5.32 Å². The van der Waals surface area contributed by atoms with Crippen LogP contribution in [-0.4, -0.2) is 17.1 Å². The van der Waals surface area contributed by atoms with E-state index in [2.05, 4.69) is 5.32 Å². The van der Waals surface area contributed by atoms with Gasteiger partial charge in [-0.2, -0.15) is 13.2 Å². The van der Waals surface area contributed by atoms with Crippen molar-refractivity contribution < 1.29 is 18.0 Å². The van der Waals surface area contributed by atoms with Crippen LogP contribution in [0.3, 0.4) is 0 Å². The summed E-state index contributed by atoms with van der Waals surface area (Å²) >= 11 is 4.80. The molecule has 20 heavy (non-hydrogen) atoms. The molecule has 2 N–H and O–H groups in total. The average Bonchev–Trinajstić information content (AvgIpc) is 2.37. The van der Waals surface area contributed by atoms with Crippen molar-refractivity contribution >= 4 is 23.1 Å². The van der Waals surface area contributed by atoms with Crippen LogP contribution in [-0.2, 0) is 4.79 Å². The number of carbonyl (C=O) groups is 1. The highest BCUT2D eigenvalue weighted by Crippen LogP contribution is 2.35. The molecule has 0 radical (unpaired) electrons. The Kier molecular flexibility index (Phi) is 3.80. The summed E-state index contributed by atoms with van der Waals surface area (Å²) in [6, 6.07) is 7.50. The monoisotopic (exact) mass is 300 g/mol. The number of Topliss-reactive ketones (excluding diaryl/α,β-unsaturated/α-hetero) is 1. The Hall–Kier alpha value is -1.89. The number of halogens is 3. The second-order valence-corrected chi connectivity index (χ2v) is 4.69. The van der Waals surface area contributed by atoms with E-state index in [0.29, 0.717) is 5.56 Å². The zero-order valence-corrected chi connectivity index (χ0v) is 11.2. The van der Waals surface area contributed by atoms with E-state index in [-0.39, 0.29) is 10.7 Å². The number of hydrogen-bond acceptors (Lipinski definition) is 2. The van der Waals surface area contributed by atoms with Crippen LogP contribution in [0.4, 0.5) is 13.2 Å². The molecule has 1 heterocycles. The van der Waals surface area contributed by atoms with E-state index in [9.17, 15) is 18.0 Å². The van der Waals surface area contributed by atoms with Gasteiger partial charge in [0.1, 0.15) is 5.70 Å². The molecule has 1 aliphatic rings. The van der Waals surface area contributed by atoms with E-state index in [1.54, 1.807) is 30.3 Å². The molecule has 106 valence electrons. The Labute approximate surface area is 118 Å². The molecule has 7 heteroatoms. The number of carbonyl (C=O) groups excluding carboxylic acids is 1. The van der Waals surface area contributed by atoms with Gasteiger partial charge in [-0.25, -0.2) is 0 Å². The first-order valence-electron chi connectivity index (χ1n) is 5.75. The normalized spacial score (nSPS) is 19.4. The molecule has 0 spiro atoms. The lowest BCUT2D eigenvalue weighted by Gasteiger charge is -2.31. The summed E-state index contributed by atoms with van der Waals surface area (Å²) < 4.78 is 39.2. The quantitative estimate of drug-likeness (QED) is 0.824. The Morgan fingerprint density at radius 3 is 2.35 bits per heavy atom. The van der Waals surface area contributed by atoms with Crippen LogP contribution in [0.15, 0.2) is 41.6 Å². The van der Waals surface area contributed by atoms with Crippen molar-refractivity contribution in [2.45, 2.75) is 19.1 Å². The minimum absolute atomic E-state index is 0.156. The van der Waals surface area contributed by atoms with Crippen molar-refractivity contribution in [3.8, 4) is 0 Å². The number of thiocarbonyl (C=S) groups is 1. The molecule has 0 bridgehead atoms. The summed E-state index contributed by atoms with van der Waals surface area (Å²) in [5.74, 6) is -0.659. The number of alkyl halides is 3. The molecule has 1 atom stereocenters. The van der Waals surface area contributed by atoms with Gasteiger partial charge < -0.3 is 10.6 Å². The zero-order chi connectivity index (χ0) is 14.9. The second kappa shape index (κ2) is 5.24. The van der Waals surface area contributed by atoms with Crippen LogP contribution in [0.25, 0.3) is 0 Å². The largest absolute Gasteiger partial charge is 0.431 e. The Morgan fingerprint density at radius 1 is 1.25 bits per heavy atom. The number of benzene rings is 1. The molecule has 3 nitrogen and oxygen atoms in total. The summed E-state index contributed by atoms with van der Waals surface area (Å²) in [7, 11) is 0. The molecule has 0 aromatic heterocycles. The van der Waals surface area contributed by atoms with Crippen molar-refractivity contribution in [1.29, 1.82) is 0 Å². The minimum Gasteiger partial charge on any atom is -0.351 e. The van der Waals surface area contributed by atoms with E-state index < -0.39 is 23.7 Å². The second-order valence-electron chi connectivity index (χ2n) is 4.28. The molecule has 0 saturated heterocycles. The highest BCUT2D eigenvalue weighted by Gasteiger charge is 2.43. The molecule has 1 aliphatic heterocycles. The van der Waals surface area contributed by atoms with E-state index in [1.165, 1.54) is 0 Å². The van der Waals surface area contributed by atoms with Crippen molar-refractivity contribution in [2.75, 3.05) is 0 Å². The Balaban J connectivity index is 2.60. The fraction of sp³-hybridized carbons (Fsp3) is 0.231. The zero-order valence-electron chi connectivity index (χ0n) is 10.4. The molecule has 0 saturated carbocycles. The van der Waals surface area contributed by atoms with Gasteiger partial charge in [-0.15, -0.1) is 0 Å². The fourth-order valence-corrected chi connectivity index (χ4v) is 2.28. The standard InChI is InChI=1S/C13H11F3N2OS/c1-7(19)9-10(8-5-3-2-4-6-8)17-12(20)18-11(9)13(14,15)16/h2-6,10H,1H3,(H2,17,18,20). The van der Waals surface area contributed by atoms with Gasteiger partial charge in [0.05, 0.1) is 11.6 Å². The third-order valence-electron chi connectivity index (χ3n) is 2.87. The number of rotatable bonds is 2. The SMILES string of the molecule is CC(=O)C1=C(C(F)(F)F)NC(=S)NC1c1ccccc1. The summed E-state index contributed by atoms with van der Waals surface area (Å²) in [6.45, 7) is 1.11. The van der Waals surface area contributed by atoms with Crippen LogP contribution in [0.2, 0.25) is 0 Å². The number of nitrogens with one attached hydrogen (secondary N) is 2. The lowest BCUT2D eigenvalue weighted by molar-refractivity contribution is -0.116. The number of hydrogen-bond donors (Lipinski definition) is 2. The van der Waals surface area contributed by atoms with Gasteiger partial charge >= 0.3 is 6.18 Å². The van der Waals surface area contributed by atoms with Gasteiger partial charge in [0, 0.05) is 0 Å². The van der Waals surface area contributed by atoms with Crippen molar-refractivity contribution in [1.82, 2.24) is 10.6 Å². The summed E-state index contributed by atoms with van der Waals surface area (Å²) in [6.07, 6.45) is -4.67. The van der Waals surface area contributed by atoms with Gasteiger partial charge in [-0.1, -0.05) is 30.3 Å². The van der Waals surface area contributed by atoms with Crippen LogP contribution >= 0.6 is 12.2 Å². The predicted octanol–water partition coefficient (Wildman–Crippen LogP) is 2.61. The highest BCUT2D eigenvalue weighted by atomic mass is 32.1. The maximum absolute atomic E-state index is 13.1. The van der Waals surface area contributed by atoms with Crippen molar-refractivity contribution in [3.63, 3.8) is 0 Å². The minimum atomic E-state index is -4.67. The van der Waals surface area contributed by atoms with Crippen molar-refractivity contribution in [3.05, 3.63) is 47.2 Å². The van der Waals surface area contributed by atoms with Gasteiger partial charge in [-0.05, 0) is 24.7 Å². The van der Waals surface area contributed by atoms with E-state index in [0.717, 1.165) is 6.92 Å². The Morgan fingerprint density at radius 2 is 1.85 bits per heavy atom. The van der Waals surface area contributed by atoms with Gasteiger partial charge in [0.15, 0.2) is 10.9 Å². The third-order valence-corrected chi connectivity index (χ3v) is 3.09. The molecular formula is C13H11F3N2OS. The first kappa shape index (κ1) is 14.5. The van der Waals surface area contributed by atoms with Gasteiger partial charge in [0.2, 0.25) is 0 Å². The fourth-order valence-electron chi connectivity index (χ4n) is 2.06. The molecule has 0 aliphatic carbocycles. The maximum Gasteiger partial charge on any atom is 0.431 e. The first-order chi connectivity index (χ1) is 9.30. The van der Waals surface area contributed by atoms with Crippen molar-refractivity contribution in [2.24, 2.45) is 0 Å². The topological polar surface area (TPSA) is 41.1 Å². The molecule has 1 aromatic rings. The maximum atomic E-state index is 13.1. The van der Waals surface area contributed by atoms with Gasteiger partial charge in [-0.3, -0.25) is 4.79 Å². The smallest absolute Gasteiger partial charge is 0.351 e. The number of ketones is 1. The van der Waals surface area contributed by atoms with E-state index in [4.69, 9.17) is 12.2 Å². The number of allylic oxidation sites excluding steroid dienone is 1. The molecule has 0 fully saturated rings. The summed E-state index contributed by atoms with van der Waals surface area (Å²) in [5, 5.41) is 4.59. The molecular weight excluding hydrogens is 289 g/mol. The van der Waals surface area contributed by atoms with Crippen LogP contribution < -0.4 is 10.6 Å². The van der Waals surface area contributed by atoms with Gasteiger partial charge in [0.25, 0.3) is 0 Å². The lowest BCUT2D eigenvalue weighted by Crippen LogP contribution is -2.48. The predicted molar refractivity (Wildman–Crippen MR) is 71.8 cm³/mol. The summed E-state index contributed by atoms with van der Waals surface area (Å²) in [5.41, 5.74) is -0.914. The summed E-state index contributed by atoms with van der Waals surface area (Å²) in [4.78, 5) is 11.7. The Bertz CT molecular complexity index is 581. The van der Waals surface area contributed by atoms with E-state index >= 15 is 0 Å². The molecule has 1 aromatic carbocycles. The lowest BCUT2D eigenvalue weighted by atomic mass is 9.92. The van der Waals surface area contributed by atoms with Crippen LogP contribution in [0.1, 0.15) is 18.5 Å². The highest BCUT2D eigenvalue weighted by molar-refractivity contribution is 7.80. The molecule has 0 amide bonds. The third kappa shape index (κ3) is 2.82. The molecule has 1 unspecified atom stereocenters. The van der Waals surface area contributed by atoms with Crippen LogP contribution in [0.5, 0.6) is 0 Å².